The minimum absolute atomic E-state index is 0.0173. The largest absolute Gasteiger partial charge is 0.493 e. The van der Waals surface area contributed by atoms with Crippen LogP contribution in [0.15, 0.2) is 42.7 Å². The zero-order valence-corrected chi connectivity index (χ0v) is 14.1. The molecular weight excluding hydrogens is 314 g/mol. The molecule has 0 bridgehead atoms. The monoisotopic (exact) mass is 335 g/mol. The highest BCUT2D eigenvalue weighted by molar-refractivity contribution is 5.85. The predicted molar refractivity (Wildman–Crippen MR) is 92.1 cm³/mol. The van der Waals surface area contributed by atoms with Gasteiger partial charge >= 0.3 is 0 Å². The molecule has 2 aromatic rings. The molecule has 1 spiro atoms. The molecule has 25 heavy (non-hydrogen) atoms. The van der Waals surface area contributed by atoms with Crippen molar-refractivity contribution in [3.8, 4) is 5.75 Å². The van der Waals surface area contributed by atoms with Crippen molar-refractivity contribution >= 4 is 5.91 Å². The minimum atomic E-state index is -0.0173. The number of carbonyl (C=O) groups is 1. The van der Waals surface area contributed by atoms with Gasteiger partial charge in [-0.05, 0) is 37.8 Å². The van der Waals surface area contributed by atoms with E-state index in [-0.39, 0.29) is 23.3 Å². The minimum Gasteiger partial charge on any atom is -0.493 e. The highest BCUT2D eigenvalue weighted by Gasteiger charge is 2.62. The molecule has 1 amide bonds. The van der Waals surface area contributed by atoms with E-state index >= 15 is 0 Å². The van der Waals surface area contributed by atoms with E-state index in [1.165, 1.54) is 5.56 Å². The zero-order chi connectivity index (χ0) is 16.9. The maximum absolute atomic E-state index is 13.3. The molecule has 128 valence electrons. The number of ether oxygens (including phenoxy) is 1. The Bertz CT molecular complexity index is 810. The van der Waals surface area contributed by atoms with Crippen LogP contribution in [0.25, 0.3) is 0 Å². The van der Waals surface area contributed by atoms with Crippen molar-refractivity contribution in [3.05, 3.63) is 54.1 Å². The van der Waals surface area contributed by atoms with Gasteiger partial charge in [-0.3, -0.25) is 4.79 Å². The van der Waals surface area contributed by atoms with Crippen molar-refractivity contribution in [2.75, 3.05) is 13.2 Å². The molecule has 5 rings (SSSR count). The zero-order valence-electron chi connectivity index (χ0n) is 14.1. The molecule has 0 radical (unpaired) electrons. The maximum Gasteiger partial charge on any atom is 0.227 e. The summed E-state index contributed by atoms with van der Waals surface area (Å²) in [4.78, 5) is 24.1. The lowest BCUT2D eigenvalue weighted by molar-refractivity contribution is -0.134. The van der Waals surface area contributed by atoms with Crippen LogP contribution in [0.3, 0.4) is 0 Å². The molecule has 2 aliphatic heterocycles. The van der Waals surface area contributed by atoms with E-state index in [4.69, 9.17) is 4.74 Å². The molecule has 3 atom stereocenters. The summed E-state index contributed by atoms with van der Waals surface area (Å²) in [5, 5.41) is 0. The van der Waals surface area contributed by atoms with Crippen molar-refractivity contribution < 1.29 is 9.53 Å². The molecule has 1 aliphatic carbocycles. The van der Waals surface area contributed by atoms with Gasteiger partial charge in [0.1, 0.15) is 5.75 Å². The highest BCUT2D eigenvalue weighted by atomic mass is 16.5. The lowest BCUT2D eigenvalue weighted by Gasteiger charge is -2.29. The first kappa shape index (κ1) is 14.9. The van der Waals surface area contributed by atoms with Crippen LogP contribution >= 0.6 is 0 Å². The smallest absolute Gasteiger partial charge is 0.227 e. The van der Waals surface area contributed by atoms with Gasteiger partial charge in [0.15, 0.2) is 5.82 Å². The third-order valence-electron chi connectivity index (χ3n) is 6.02. The summed E-state index contributed by atoms with van der Waals surface area (Å²) < 4.78 is 5.80. The average Bonchev–Trinajstić information content (AvgIpc) is 3.16. The van der Waals surface area contributed by atoms with E-state index in [2.05, 4.69) is 16.0 Å². The molecular formula is C20H21N3O2. The molecule has 1 unspecified atom stereocenters. The fourth-order valence-electron chi connectivity index (χ4n) is 4.67. The van der Waals surface area contributed by atoms with Gasteiger partial charge in [0, 0.05) is 35.8 Å². The Balaban J connectivity index is 1.42. The van der Waals surface area contributed by atoms with Crippen molar-refractivity contribution in [3.63, 3.8) is 0 Å². The number of fused-ring (bicyclic) bond motifs is 2. The van der Waals surface area contributed by atoms with E-state index in [1.807, 2.05) is 29.2 Å². The van der Waals surface area contributed by atoms with Crippen molar-refractivity contribution in [2.24, 2.45) is 5.92 Å². The first-order chi connectivity index (χ1) is 12.3. The summed E-state index contributed by atoms with van der Waals surface area (Å²) >= 11 is 0. The second kappa shape index (κ2) is 5.55. The van der Waals surface area contributed by atoms with Crippen molar-refractivity contribution in [1.29, 1.82) is 0 Å². The van der Waals surface area contributed by atoms with Crippen LogP contribution in [-0.4, -0.2) is 33.9 Å². The lowest BCUT2D eigenvalue weighted by Crippen LogP contribution is -2.35. The Morgan fingerprint density at radius 3 is 2.92 bits per heavy atom. The van der Waals surface area contributed by atoms with Crippen LogP contribution in [0.1, 0.15) is 43.1 Å². The molecule has 3 heterocycles. The number of aromatic nitrogens is 2. The van der Waals surface area contributed by atoms with Crippen LogP contribution in [0.2, 0.25) is 0 Å². The quantitative estimate of drug-likeness (QED) is 0.847. The Morgan fingerprint density at radius 1 is 1.20 bits per heavy atom. The molecule has 0 N–H and O–H groups in total. The number of para-hydroxylation sites is 1. The summed E-state index contributed by atoms with van der Waals surface area (Å²) in [6.07, 6.45) is 7.36. The molecule has 5 heteroatoms. The van der Waals surface area contributed by atoms with Crippen LogP contribution in [0.5, 0.6) is 5.75 Å². The summed E-state index contributed by atoms with van der Waals surface area (Å²) in [5.41, 5.74) is 1.20. The first-order valence-corrected chi connectivity index (χ1v) is 9.09. The molecule has 5 nitrogen and oxygen atoms in total. The number of hydrogen-bond donors (Lipinski definition) is 0. The van der Waals surface area contributed by atoms with Gasteiger partial charge in [-0.2, -0.15) is 0 Å². The number of hydrogen-bond acceptors (Lipinski definition) is 4. The summed E-state index contributed by atoms with van der Waals surface area (Å²) in [7, 11) is 0. The predicted octanol–water partition coefficient (Wildman–Crippen LogP) is 2.88. The van der Waals surface area contributed by atoms with Crippen LogP contribution < -0.4 is 4.74 Å². The number of rotatable bonds is 2. The summed E-state index contributed by atoms with van der Waals surface area (Å²) in [6.45, 7) is 1.51. The molecule has 1 saturated heterocycles. The van der Waals surface area contributed by atoms with Gasteiger partial charge in [-0.1, -0.05) is 18.2 Å². The van der Waals surface area contributed by atoms with E-state index < -0.39 is 0 Å². The fraction of sp³-hybridized carbons (Fsp3) is 0.450. The Labute approximate surface area is 147 Å². The summed E-state index contributed by atoms with van der Waals surface area (Å²) in [6, 6.07) is 10.0. The van der Waals surface area contributed by atoms with Gasteiger partial charge in [0.05, 0.1) is 12.6 Å². The molecule has 1 aromatic carbocycles. The van der Waals surface area contributed by atoms with Gasteiger partial charge in [-0.25, -0.2) is 9.97 Å². The summed E-state index contributed by atoms with van der Waals surface area (Å²) in [5.74, 6) is 2.07. The van der Waals surface area contributed by atoms with E-state index in [9.17, 15) is 4.79 Å². The second-order valence-electron chi connectivity index (χ2n) is 7.30. The van der Waals surface area contributed by atoms with Crippen LogP contribution in [0.4, 0.5) is 0 Å². The molecule has 1 saturated carbocycles. The second-order valence-corrected chi connectivity index (χ2v) is 7.30. The fourth-order valence-corrected chi connectivity index (χ4v) is 4.67. The van der Waals surface area contributed by atoms with Crippen molar-refractivity contribution in [2.45, 2.75) is 37.1 Å². The topological polar surface area (TPSA) is 55.3 Å². The Morgan fingerprint density at radius 2 is 2.04 bits per heavy atom. The third kappa shape index (κ3) is 2.25. The number of carbonyl (C=O) groups excluding carboxylic acids is 1. The molecule has 3 aliphatic rings. The van der Waals surface area contributed by atoms with E-state index in [1.54, 1.807) is 12.4 Å². The number of amides is 1. The van der Waals surface area contributed by atoms with Crippen LogP contribution in [-0.2, 0) is 10.2 Å². The van der Waals surface area contributed by atoms with E-state index in [0.717, 1.165) is 43.8 Å². The average molecular weight is 335 g/mol. The Hall–Kier alpha value is -2.43. The normalized spacial score (nSPS) is 30.0. The number of likely N-dealkylation sites (tertiary alicyclic amines) is 1. The number of benzene rings is 1. The van der Waals surface area contributed by atoms with Gasteiger partial charge in [0.2, 0.25) is 5.91 Å². The van der Waals surface area contributed by atoms with Gasteiger partial charge < -0.3 is 9.64 Å². The lowest BCUT2D eigenvalue weighted by atomic mass is 9.87. The molecule has 1 aromatic heterocycles. The SMILES string of the molecule is O=C([C@@H]1C[C@]12CCOc1ccccc12)N1CCCC1c1ncccn1. The van der Waals surface area contributed by atoms with Gasteiger partial charge in [0.25, 0.3) is 0 Å². The maximum atomic E-state index is 13.3. The van der Waals surface area contributed by atoms with Gasteiger partial charge in [-0.15, -0.1) is 0 Å². The molecule has 2 fully saturated rings. The standard InChI is InChI=1S/C20H21N3O2/c24-19(23-11-3-6-16(23)18-21-9-4-10-22-18)15-13-20(15)8-12-25-17-7-2-1-5-14(17)20/h1-2,4-5,7,9-10,15-16H,3,6,8,11-13H2/t15-,16?,20-/m0/s1. The Kier molecular flexibility index (Phi) is 3.30. The van der Waals surface area contributed by atoms with E-state index in [0.29, 0.717) is 6.61 Å². The van der Waals surface area contributed by atoms with Crippen molar-refractivity contribution in [1.82, 2.24) is 14.9 Å². The highest BCUT2D eigenvalue weighted by Crippen LogP contribution is 2.61. The number of nitrogens with zero attached hydrogens (tertiary/aromatic N) is 3. The van der Waals surface area contributed by atoms with Crippen LogP contribution in [0, 0.1) is 5.92 Å². The third-order valence-corrected chi connectivity index (χ3v) is 6.02. The first-order valence-electron chi connectivity index (χ1n) is 9.09.